The number of alkyl halides is 3. The highest BCUT2D eigenvalue weighted by Gasteiger charge is 2.30. The zero-order chi connectivity index (χ0) is 16.2. The number of nitrogens with one attached hydrogen (secondary N) is 1. The maximum absolute atomic E-state index is 12.4. The Morgan fingerprint density at radius 3 is 2.43 bits per heavy atom. The van der Waals surface area contributed by atoms with Crippen LogP contribution in [0.5, 0.6) is 0 Å². The van der Waals surface area contributed by atoms with E-state index in [1.165, 1.54) is 0 Å². The maximum atomic E-state index is 12.4. The van der Waals surface area contributed by atoms with Crippen molar-refractivity contribution in [2.45, 2.75) is 6.18 Å². The zero-order valence-electron chi connectivity index (χ0n) is 9.88. The van der Waals surface area contributed by atoms with Crippen molar-refractivity contribution in [2.24, 2.45) is 5.10 Å². The molecule has 114 valence electrons. The van der Waals surface area contributed by atoms with Crippen molar-refractivity contribution in [1.29, 1.82) is 0 Å². The Balaban J connectivity index is 2.87. The second-order valence-corrected chi connectivity index (χ2v) is 4.72. The van der Waals surface area contributed by atoms with Gasteiger partial charge in [-0.2, -0.15) is 18.3 Å². The maximum Gasteiger partial charge on any atom is 0.416 e. The summed E-state index contributed by atoms with van der Waals surface area (Å²) in [5.41, 5.74) is 1.49. The van der Waals surface area contributed by atoms with Gasteiger partial charge in [-0.1, -0.05) is 34.8 Å². The Morgan fingerprint density at radius 1 is 1.33 bits per heavy atom. The Bertz CT molecular complexity index is 615. The molecule has 1 aromatic rings. The monoisotopic (exact) mass is 360 g/mol. The number of allylic oxidation sites excluding steroid dienone is 1. The first-order chi connectivity index (χ1) is 9.62. The van der Waals surface area contributed by atoms with Crippen LogP contribution in [0.15, 0.2) is 33.4 Å². The second kappa shape index (κ2) is 7.02. The number of hydrogen-bond acceptors (Lipinski definition) is 3. The van der Waals surface area contributed by atoms with Crippen molar-refractivity contribution >= 4 is 52.7 Å². The lowest BCUT2D eigenvalue weighted by Crippen LogP contribution is -2.05. The summed E-state index contributed by atoms with van der Waals surface area (Å²) in [5, 5.41) is 10.8. The topological polar surface area (TPSA) is 61.7 Å². The van der Waals surface area contributed by atoms with E-state index >= 15 is 0 Å². The van der Waals surface area contributed by atoms with Crippen LogP contribution in [0.25, 0.3) is 0 Å². The molecule has 0 spiro atoms. The van der Waals surface area contributed by atoms with E-state index in [0.717, 1.165) is 24.4 Å². The number of hydrazone groups is 1. The first kappa shape index (κ1) is 17.6. The van der Waals surface area contributed by atoms with Gasteiger partial charge in [-0.25, -0.2) is 4.79 Å². The number of carboxylic acids is 1. The molecule has 0 amide bonds. The van der Waals surface area contributed by atoms with Crippen LogP contribution in [0.1, 0.15) is 5.56 Å². The van der Waals surface area contributed by atoms with Gasteiger partial charge in [-0.05, 0) is 18.2 Å². The summed E-state index contributed by atoms with van der Waals surface area (Å²) >= 11 is 16.5. The molecular formula is C11H6Cl3F3N2O2. The van der Waals surface area contributed by atoms with Gasteiger partial charge in [0.25, 0.3) is 0 Å². The number of aliphatic carboxylic acids is 1. The fraction of sp³-hybridized carbons (Fsp3) is 0.0909. The highest BCUT2D eigenvalue weighted by Crippen LogP contribution is 2.33. The van der Waals surface area contributed by atoms with Crippen molar-refractivity contribution in [3.63, 3.8) is 0 Å². The van der Waals surface area contributed by atoms with E-state index in [1.807, 2.05) is 0 Å². The van der Waals surface area contributed by atoms with Crippen LogP contribution in [0.3, 0.4) is 0 Å². The summed E-state index contributed by atoms with van der Waals surface area (Å²) in [6, 6.07) is 2.60. The standard InChI is InChI=1S/C11H6Cl3F3N2O2/c12-6-3-5(11(15,16)17)1-2-8(6)19-18-4-7(13)9(14)10(20)21/h1-4,19H,(H,20,21). The lowest BCUT2D eigenvalue weighted by atomic mass is 10.2. The summed E-state index contributed by atoms with van der Waals surface area (Å²) in [7, 11) is 0. The fourth-order valence-corrected chi connectivity index (χ4v) is 1.50. The quantitative estimate of drug-likeness (QED) is 0.470. The van der Waals surface area contributed by atoms with Crippen LogP contribution in [0.2, 0.25) is 5.02 Å². The van der Waals surface area contributed by atoms with Crippen molar-refractivity contribution in [2.75, 3.05) is 5.43 Å². The summed E-state index contributed by atoms with van der Waals surface area (Å²) < 4.78 is 37.3. The first-order valence-electron chi connectivity index (χ1n) is 5.07. The van der Waals surface area contributed by atoms with E-state index in [1.54, 1.807) is 0 Å². The van der Waals surface area contributed by atoms with Crippen molar-refractivity contribution < 1.29 is 23.1 Å². The third kappa shape index (κ3) is 5.11. The highest BCUT2D eigenvalue weighted by molar-refractivity contribution is 6.51. The molecule has 1 rings (SSSR count). The number of nitrogens with zero attached hydrogens (tertiary/aromatic N) is 1. The molecular weight excluding hydrogens is 355 g/mol. The molecule has 0 saturated heterocycles. The smallest absolute Gasteiger partial charge is 0.416 e. The summed E-state index contributed by atoms with van der Waals surface area (Å²) in [5.74, 6) is -1.44. The van der Waals surface area contributed by atoms with Crippen LogP contribution < -0.4 is 5.43 Å². The molecule has 0 aliphatic carbocycles. The van der Waals surface area contributed by atoms with Crippen LogP contribution in [-0.4, -0.2) is 17.3 Å². The molecule has 2 N–H and O–H groups in total. The average Bonchev–Trinajstić information content (AvgIpc) is 2.38. The molecule has 0 radical (unpaired) electrons. The molecule has 21 heavy (non-hydrogen) atoms. The molecule has 0 unspecified atom stereocenters. The molecule has 0 saturated carbocycles. The molecule has 4 nitrogen and oxygen atoms in total. The van der Waals surface area contributed by atoms with Crippen molar-refractivity contribution in [3.05, 3.63) is 38.8 Å². The van der Waals surface area contributed by atoms with E-state index in [0.29, 0.717) is 0 Å². The fourth-order valence-electron chi connectivity index (χ4n) is 1.10. The molecule has 1 aromatic carbocycles. The van der Waals surface area contributed by atoms with E-state index in [2.05, 4.69) is 10.5 Å². The molecule has 0 bridgehead atoms. The van der Waals surface area contributed by atoms with Gasteiger partial charge in [0, 0.05) is 0 Å². The zero-order valence-corrected chi connectivity index (χ0v) is 12.1. The number of rotatable bonds is 4. The molecule has 0 aromatic heterocycles. The Morgan fingerprint density at radius 2 is 1.95 bits per heavy atom. The van der Waals surface area contributed by atoms with E-state index in [4.69, 9.17) is 39.9 Å². The van der Waals surface area contributed by atoms with E-state index in [9.17, 15) is 18.0 Å². The van der Waals surface area contributed by atoms with Gasteiger partial charge in [0.2, 0.25) is 0 Å². The number of carboxylic acid groups (broad SMARTS) is 1. The van der Waals surface area contributed by atoms with Gasteiger partial charge >= 0.3 is 12.1 Å². The molecule has 0 fully saturated rings. The largest absolute Gasteiger partial charge is 0.477 e. The first-order valence-corrected chi connectivity index (χ1v) is 6.20. The van der Waals surface area contributed by atoms with Crippen LogP contribution in [0.4, 0.5) is 18.9 Å². The number of anilines is 1. The third-order valence-corrected chi connectivity index (χ3v) is 3.12. The predicted octanol–water partition coefficient (Wildman–Crippen LogP) is 4.53. The number of hydrogen-bond donors (Lipinski definition) is 2. The van der Waals surface area contributed by atoms with Gasteiger partial charge in [0.05, 0.1) is 27.5 Å². The Kier molecular flexibility index (Phi) is 5.88. The minimum Gasteiger partial charge on any atom is -0.477 e. The normalized spacial score (nSPS) is 13.2. The minimum absolute atomic E-state index is 0.0804. The van der Waals surface area contributed by atoms with Crippen LogP contribution >= 0.6 is 34.8 Å². The number of halogens is 6. The summed E-state index contributed by atoms with van der Waals surface area (Å²) in [6.45, 7) is 0. The molecule has 0 aliphatic heterocycles. The van der Waals surface area contributed by atoms with Crippen molar-refractivity contribution in [1.82, 2.24) is 0 Å². The van der Waals surface area contributed by atoms with E-state index in [-0.39, 0.29) is 15.7 Å². The molecule has 0 atom stereocenters. The highest BCUT2D eigenvalue weighted by atomic mass is 35.5. The van der Waals surface area contributed by atoms with Gasteiger partial charge < -0.3 is 5.11 Å². The lowest BCUT2D eigenvalue weighted by molar-refractivity contribution is -0.137. The molecule has 0 heterocycles. The summed E-state index contributed by atoms with van der Waals surface area (Å²) in [6.07, 6.45) is -3.63. The number of carbonyl (C=O) groups is 1. The second-order valence-electron chi connectivity index (χ2n) is 3.53. The Hall–Kier alpha value is -1.44. The van der Waals surface area contributed by atoms with Gasteiger partial charge in [-0.3, -0.25) is 5.43 Å². The number of benzene rings is 1. The predicted molar refractivity (Wildman–Crippen MR) is 74.9 cm³/mol. The van der Waals surface area contributed by atoms with Gasteiger partial charge in [0.1, 0.15) is 5.03 Å². The van der Waals surface area contributed by atoms with Crippen LogP contribution in [-0.2, 0) is 11.0 Å². The summed E-state index contributed by atoms with van der Waals surface area (Å²) in [4.78, 5) is 10.5. The van der Waals surface area contributed by atoms with Gasteiger partial charge in [0.15, 0.2) is 0 Å². The minimum atomic E-state index is -4.51. The van der Waals surface area contributed by atoms with Crippen LogP contribution in [0, 0.1) is 0 Å². The van der Waals surface area contributed by atoms with Crippen molar-refractivity contribution in [3.8, 4) is 0 Å². The Labute approximate surface area is 131 Å². The lowest BCUT2D eigenvalue weighted by Gasteiger charge is -2.09. The average molecular weight is 362 g/mol. The third-order valence-electron chi connectivity index (χ3n) is 2.06. The molecule has 0 aliphatic rings. The van der Waals surface area contributed by atoms with Gasteiger partial charge in [-0.15, -0.1) is 0 Å². The SMILES string of the molecule is O=C(O)C(Cl)=C(Cl)C=NNc1ccc(C(F)(F)F)cc1Cl. The molecule has 10 heteroatoms. The van der Waals surface area contributed by atoms with E-state index < -0.39 is 22.7 Å².